The summed E-state index contributed by atoms with van der Waals surface area (Å²) >= 11 is 7.19. The van der Waals surface area contributed by atoms with E-state index in [1.54, 1.807) is 6.92 Å². The summed E-state index contributed by atoms with van der Waals surface area (Å²) in [7, 11) is 0. The molecule has 1 aromatic heterocycles. The molecule has 90 valence electrons. The molecule has 0 saturated heterocycles. The molecule has 1 unspecified atom stereocenters. The number of halogens is 3. The maximum Gasteiger partial charge on any atom is 0.135 e. The van der Waals surface area contributed by atoms with Crippen LogP contribution in [0.3, 0.4) is 0 Å². The third-order valence-electron chi connectivity index (χ3n) is 2.18. The fourth-order valence-corrected chi connectivity index (χ4v) is 2.30. The first-order chi connectivity index (χ1) is 8.06. The molecule has 1 heterocycles. The highest BCUT2D eigenvalue weighted by atomic mass is 35.5. The van der Waals surface area contributed by atoms with Gasteiger partial charge in [0.15, 0.2) is 0 Å². The van der Waals surface area contributed by atoms with Crippen LogP contribution in [0.15, 0.2) is 18.2 Å². The SMILES string of the molecule is CC(Cl)c1nnc(Cc2ccc(F)cc2F)s1. The van der Waals surface area contributed by atoms with E-state index in [0.29, 0.717) is 22.0 Å². The average Bonchev–Trinajstić information content (AvgIpc) is 2.71. The zero-order valence-electron chi connectivity index (χ0n) is 8.95. The topological polar surface area (TPSA) is 25.8 Å². The molecule has 2 aromatic rings. The first kappa shape index (κ1) is 12.4. The Balaban J connectivity index is 2.19. The standard InChI is InChI=1S/C11H9ClF2N2S/c1-6(12)11-16-15-10(17-11)4-7-2-3-8(13)5-9(7)14/h2-3,5-6H,4H2,1H3. The van der Waals surface area contributed by atoms with Crippen LogP contribution >= 0.6 is 22.9 Å². The molecule has 0 spiro atoms. The molecule has 17 heavy (non-hydrogen) atoms. The summed E-state index contributed by atoms with van der Waals surface area (Å²) in [4.78, 5) is 0. The van der Waals surface area contributed by atoms with Crippen molar-refractivity contribution in [2.45, 2.75) is 18.7 Å². The van der Waals surface area contributed by atoms with Crippen LogP contribution in [0.1, 0.15) is 27.9 Å². The van der Waals surface area contributed by atoms with Crippen LogP contribution in [-0.4, -0.2) is 10.2 Å². The van der Waals surface area contributed by atoms with Crippen LogP contribution in [-0.2, 0) is 6.42 Å². The van der Waals surface area contributed by atoms with Gasteiger partial charge < -0.3 is 0 Å². The molecule has 0 fully saturated rings. The summed E-state index contributed by atoms with van der Waals surface area (Å²) in [6, 6.07) is 3.50. The quantitative estimate of drug-likeness (QED) is 0.798. The Labute approximate surface area is 106 Å². The molecule has 6 heteroatoms. The van der Waals surface area contributed by atoms with E-state index < -0.39 is 11.6 Å². The molecule has 0 amide bonds. The summed E-state index contributed by atoms with van der Waals surface area (Å²) in [5.41, 5.74) is 0.399. The predicted octanol–water partition coefficient (Wildman–Crippen LogP) is 3.71. The van der Waals surface area contributed by atoms with Crippen molar-refractivity contribution >= 4 is 22.9 Å². The van der Waals surface area contributed by atoms with Crippen molar-refractivity contribution in [3.05, 3.63) is 45.4 Å². The monoisotopic (exact) mass is 274 g/mol. The van der Waals surface area contributed by atoms with Crippen molar-refractivity contribution in [3.8, 4) is 0 Å². The lowest BCUT2D eigenvalue weighted by atomic mass is 10.1. The number of aromatic nitrogens is 2. The van der Waals surface area contributed by atoms with Crippen LogP contribution in [0.2, 0.25) is 0 Å². The minimum atomic E-state index is -0.585. The van der Waals surface area contributed by atoms with E-state index in [0.717, 1.165) is 6.07 Å². The molecule has 1 atom stereocenters. The van der Waals surface area contributed by atoms with Gasteiger partial charge in [0.25, 0.3) is 0 Å². The number of nitrogens with zero attached hydrogens (tertiary/aromatic N) is 2. The van der Waals surface area contributed by atoms with Gasteiger partial charge in [-0.05, 0) is 18.6 Å². The van der Waals surface area contributed by atoms with E-state index in [-0.39, 0.29) is 5.38 Å². The van der Waals surface area contributed by atoms with Crippen LogP contribution in [0.25, 0.3) is 0 Å². The van der Waals surface area contributed by atoms with E-state index >= 15 is 0 Å². The van der Waals surface area contributed by atoms with Gasteiger partial charge in [0.1, 0.15) is 21.6 Å². The molecule has 0 N–H and O–H groups in total. The van der Waals surface area contributed by atoms with E-state index in [4.69, 9.17) is 11.6 Å². The summed E-state index contributed by atoms with van der Waals surface area (Å²) in [5, 5.41) is 8.97. The van der Waals surface area contributed by atoms with Crippen molar-refractivity contribution in [3.63, 3.8) is 0 Å². The van der Waals surface area contributed by atoms with Crippen LogP contribution < -0.4 is 0 Å². The Morgan fingerprint density at radius 1 is 1.35 bits per heavy atom. The Hall–Kier alpha value is -1.07. The minimum Gasteiger partial charge on any atom is -0.207 e. The van der Waals surface area contributed by atoms with Gasteiger partial charge in [0, 0.05) is 12.5 Å². The van der Waals surface area contributed by atoms with Crippen LogP contribution in [0, 0.1) is 11.6 Å². The second-order valence-electron chi connectivity index (χ2n) is 3.56. The molecule has 0 saturated carbocycles. The summed E-state index contributed by atoms with van der Waals surface area (Å²) < 4.78 is 26.1. The highest BCUT2D eigenvalue weighted by Gasteiger charge is 2.11. The molecule has 2 rings (SSSR count). The number of rotatable bonds is 3. The number of hydrogen-bond donors (Lipinski definition) is 0. The van der Waals surface area contributed by atoms with Crippen molar-refractivity contribution in [1.82, 2.24) is 10.2 Å². The van der Waals surface area contributed by atoms with Gasteiger partial charge in [-0.2, -0.15) is 0 Å². The molecule has 1 aromatic carbocycles. The maximum absolute atomic E-state index is 13.4. The second-order valence-corrected chi connectivity index (χ2v) is 5.31. The smallest absolute Gasteiger partial charge is 0.135 e. The first-order valence-corrected chi connectivity index (χ1v) is 6.22. The van der Waals surface area contributed by atoms with E-state index in [2.05, 4.69) is 10.2 Å². The van der Waals surface area contributed by atoms with Crippen LogP contribution in [0.5, 0.6) is 0 Å². The summed E-state index contributed by atoms with van der Waals surface area (Å²) in [5.74, 6) is -1.15. The predicted molar refractivity (Wildman–Crippen MR) is 63.3 cm³/mol. The highest BCUT2D eigenvalue weighted by molar-refractivity contribution is 7.11. The lowest BCUT2D eigenvalue weighted by Gasteiger charge is -1.99. The number of alkyl halides is 1. The van der Waals surface area contributed by atoms with Gasteiger partial charge in [0.05, 0.1) is 5.38 Å². The van der Waals surface area contributed by atoms with Gasteiger partial charge in [-0.25, -0.2) is 8.78 Å². The molecule has 0 bridgehead atoms. The molecule has 2 nitrogen and oxygen atoms in total. The minimum absolute atomic E-state index is 0.209. The van der Waals surface area contributed by atoms with Crippen molar-refractivity contribution < 1.29 is 8.78 Å². The summed E-state index contributed by atoms with van der Waals surface area (Å²) in [6.45, 7) is 1.80. The van der Waals surface area contributed by atoms with Gasteiger partial charge in [0.2, 0.25) is 0 Å². The normalized spacial score (nSPS) is 12.7. The Kier molecular flexibility index (Phi) is 3.69. The molecular formula is C11H9ClF2N2S. The van der Waals surface area contributed by atoms with E-state index in [9.17, 15) is 8.78 Å². The zero-order chi connectivity index (χ0) is 12.4. The third-order valence-corrected chi connectivity index (χ3v) is 3.62. The van der Waals surface area contributed by atoms with Crippen LogP contribution in [0.4, 0.5) is 8.78 Å². The largest absolute Gasteiger partial charge is 0.207 e. The average molecular weight is 275 g/mol. The first-order valence-electron chi connectivity index (χ1n) is 4.96. The second kappa shape index (κ2) is 5.06. The molecule has 0 aliphatic heterocycles. The molecule has 0 aliphatic rings. The van der Waals surface area contributed by atoms with Gasteiger partial charge >= 0.3 is 0 Å². The Morgan fingerprint density at radius 2 is 2.12 bits per heavy atom. The van der Waals surface area contributed by atoms with Gasteiger partial charge in [-0.1, -0.05) is 17.4 Å². The lowest BCUT2D eigenvalue weighted by molar-refractivity contribution is 0.574. The number of benzene rings is 1. The molecule has 0 radical (unpaired) electrons. The zero-order valence-corrected chi connectivity index (χ0v) is 10.5. The fourth-order valence-electron chi connectivity index (χ4n) is 1.33. The van der Waals surface area contributed by atoms with Crippen molar-refractivity contribution in [1.29, 1.82) is 0 Å². The van der Waals surface area contributed by atoms with Gasteiger partial charge in [-0.15, -0.1) is 21.8 Å². The molecular weight excluding hydrogens is 266 g/mol. The Bertz CT molecular complexity index is 528. The molecule has 0 aliphatic carbocycles. The lowest BCUT2D eigenvalue weighted by Crippen LogP contribution is -1.93. The van der Waals surface area contributed by atoms with Gasteiger partial charge in [-0.3, -0.25) is 0 Å². The van der Waals surface area contributed by atoms with E-state index in [1.807, 2.05) is 0 Å². The number of hydrogen-bond acceptors (Lipinski definition) is 3. The Morgan fingerprint density at radius 3 is 2.71 bits per heavy atom. The third kappa shape index (κ3) is 2.98. The van der Waals surface area contributed by atoms with E-state index in [1.165, 1.54) is 23.5 Å². The maximum atomic E-state index is 13.4. The van der Waals surface area contributed by atoms with Crippen molar-refractivity contribution in [2.24, 2.45) is 0 Å². The van der Waals surface area contributed by atoms with Crippen molar-refractivity contribution in [2.75, 3.05) is 0 Å². The fraction of sp³-hybridized carbons (Fsp3) is 0.273. The highest BCUT2D eigenvalue weighted by Crippen LogP contribution is 2.24. The summed E-state index contributed by atoms with van der Waals surface area (Å²) in [6.07, 6.45) is 0.299.